The lowest BCUT2D eigenvalue weighted by atomic mass is 10.1. The Labute approximate surface area is 182 Å². The molecule has 0 spiro atoms. The summed E-state index contributed by atoms with van der Waals surface area (Å²) in [6.45, 7) is 5.46. The van der Waals surface area contributed by atoms with Crippen molar-refractivity contribution >= 4 is 35.8 Å². The van der Waals surface area contributed by atoms with Crippen molar-refractivity contribution in [1.29, 1.82) is 0 Å². The molecule has 7 nitrogen and oxygen atoms in total. The van der Waals surface area contributed by atoms with Crippen LogP contribution in [-0.2, 0) is 6.54 Å². The van der Waals surface area contributed by atoms with E-state index < -0.39 is 0 Å². The highest BCUT2D eigenvalue weighted by molar-refractivity contribution is 14.0. The number of rotatable bonds is 4. The van der Waals surface area contributed by atoms with Gasteiger partial charge in [0.15, 0.2) is 11.7 Å². The van der Waals surface area contributed by atoms with E-state index in [0.29, 0.717) is 25.4 Å². The van der Waals surface area contributed by atoms with Gasteiger partial charge in [-0.15, -0.1) is 24.0 Å². The molecule has 2 aromatic rings. The number of guanidine groups is 1. The summed E-state index contributed by atoms with van der Waals surface area (Å²) < 4.78 is 10.5. The number of methoxy groups -OCH3 is 1. The first-order chi connectivity index (χ1) is 13.1. The lowest BCUT2D eigenvalue weighted by Gasteiger charge is -2.36. The number of amides is 1. The number of halogens is 1. The van der Waals surface area contributed by atoms with Gasteiger partial charge in [-0.3, -0.25) is 9.79 Å². The summed E-state index contributed by atoms with van der Waals surface area (Å²) >= 11 is 0. The van der Waals surface area contributed by atoms with Gasteiger partial charge in [0.25, 0.3) is 5.91 Å². The molecule has 1 amide bonds. The quantitative estimate of drug-likeness (QED) is 0.399. The molecule has 0 aliphatic carbocycles. The van der Waals surface area contributed by atoms with Gasteiger partial charge >= 0.3 is 0 Å². The van der Waals surface area contributed by atoms with Crippen molar-refractivity contribution in [3.63, 3.8) is 0 Å². The van der Waals surface area contributed by atoms with Gasteiger partial charge in [0.1, 0.15) is 5.75 Å². The van der Waals surface area contributed by atoms with E-state index in [4.69, 9.17) is 9.15 Å². The lowest BCUT2D eigenvalue weighted by molar-refractivity contribution is 0.0657. The summed E-state index contributed by atoms with van der Waals surface area (Å²) in [6.07, 6.45) is 1.52. The van der Waals surface area contributed by atoms with Crippen LogP contribution >= 0.6 is 24.0 Å². The molecule has 0 radical (unpaired) electrons. The standard InChI is InChI=1S/C20H26N4O3.HI/c1-15-13-16(6-7-17(15)26-3)14-22-20(21-2)24-10-8-23(9-11-24)19(25)18-5-4-12-27-18;/h4-7,12-13H,8-11,14H2,1-3H3,(H,21,22);1H. The maximum atomic E-state index is 12.4. The Kier molecular flexibility index (Phi) is 8.16. The molecular formula is C20H27IN4O3. The van der Waals surface area contributed by atoms with E-state index >= 15 is 0 Å². The van der Waals surface area contributed by atoms with E-state index in [-0.39, 0.29) is 29.9 Å². The zero-order chi connectivity index (χ0) is 19.2. The highest BCUT2D eigenvalue weighted by Gasteiger charge is 2.25. The fraction of sp³-hybridized carbons (Fsp3) is 0.400. The summed E-state index contributed by atoms with van der Waals surface area (Å²) in [5.41, 5.74) is 2.28. The van der Waals surface area contributed by atoms with E-state index in [9.17, 15) is 4.79 Å². The molecule has 1 aliphatic rings. The van der Waals surface area contributed by atoms with Crippen molar-refractivity contribution in [1.82, 2.24) is 15.1 Å². The molecule has 2 heterocycles. The van der Waals surface area contributed by atoms with Crippen LogP contribution in [0.5, 0.6) is 5.75 Å². The first-order valence-corrected chi connectivity index (χ1v) is 9.04. The third-order valence-corrected chi connectivity index (χ3v) is 4.72. The zero-order valence-electron chi connectivity index (χ0n) is 16.5. The molecular weight excluding hydrogens is 471 g/mol. The van der Waals surface area contributed by atoms with Crippen molar-refractivity contribution in [3.05, 3.63) is 53.5 Å². The van der Waals surface area contributed by atoms with Crippen LogP contribution in [0.1, 0.15) is 21.7 Å². The van der Waals surface area contributed by atoms with Crippen LogP contribution in [0.2, 0.25) is 0 Å². The van der Waals surface area contributed by atoms with Gasteiger partial charge in [0.05, 0.1) is 13.4 Å². The second-order valence-electron chi connectivity index (χ2n) is 6.46. The molecule has 28 heavy (non-hydrogen) atoms. The molecule has 0 saturated carbocycles. The minimum Gasteiger partial charge on any atom is -0.496 e. The number of piperazine rings is 1. The number of hydrogen-bond acceptors (Lipinski definition) is 4. The summed E-state index contributed by atoms with van der Waals surface area (Å²) in [6, 6.07) is 9.57. The Hall–Kier alpha value is -2.23. The molecule has 1 N–H and O–H groups in total. The Morgan fingerprint density at radius 2 is 1.93 bits per heavy atom. The Morgan fingerprint density at radius 1 is 1.21 bits per heavy atom. The molecule has 152 valence electrons. The number of hydrogen-bond donors (Lipinski definition) is 1. The van der Waals surface area contributed by atoms with E-state index in [1.54, 1.807) is 26.3 Å². The third kappa shape index (κ3) is 5.18. The van der Waals surface area contributed by atoms with Gasteiger partial charge < -0.3 is 24.3 Å². The molecule has 1 fully saturated rings. The molecule has 3 rings (SSSR count). The van der Waals surface area contributed by atoms with Gasteiger partial charge in [0.2, 0.25) is 0 Å². The van der Waals surface area contributed by atoms with Gasteiger partial charge in [0, 0.05) is 39.8 Å². The lowest BCUT2D eigenvalue weighted by Crippen LogP contribution is -2.53. The maximum Gasteiger partial charge on any atom is 0.289 e. The number of nitrogens with zero attached hydrogens (tertiary/aromatic N) is 3. The van der Waals surface area contributed by atoms with Crippen molar-refractivity contribution in [2.45, 2.75) is 13.5 Å². The predicted molar refractivity (Wildman–Crippen MR) is 120 cm³/mol. The average Bonchev–Trinajstić information content (AvgIpc) is 3.23. The van der Waals surface area contributed by atoms with Gasteiger partial charge in [-0.1, -0.05) is 12.1 Å². The minimum absolute atomic E-state index is 0. The zero-order valence-corrected chi connectivity index (χ0v) is 18.8. The van der Waals surface area contributed by atoms with Gasteiger partial charge in [-0.05, 0) is 36.2 Å². The number of benzene rings is 1. The molecule has 1 aliphatic heterocycles. The van der Waals surface area contributed by atoms with Crippen LogP contribution in [0.4, 0.5) is 0 Å². The summed E-state index contributed by atoms with van der Waals surface area (Å²) in [5, 5.41) is 3.40. The summed E-state index contributed by atoms with van der Waals surface area (Å²) in [5.74, 6) is 2.06. The van der Waals surface area contributed by atoms with Crippen LogP contribution in [0.3, 0.4) is 0 Å². The topological polar surface area (TPSA) is 70.3 Å². The Bertz CT molecular complexity index is 800. The van der Waals surface area contributed by atoms with E-state index in [1.807, 2.05) is 24.0 Å². The van der Waals surface area contributed by atoms with Crippen LogP contribution in [0.25, 0.3) is 0 Å². The number of carbonyl (C=O) groups is 1. The highest BCUT2D eigenvalue weighted by Crippen LogP contribution is 2.18. The summed E-state index contributed by atoms with van der Waals surface area (Å²) in [7, 11) is 3.46. The minimum atomic E-state index is -0.0590. The van der Waals surface area contributed by atoms with Crippen LogP contribution in [0, 0.1) is 6.92 Å². The number of carbonyl (C=O) groups excluding carboxylic acids is 1. The molecule has 1 saturated heterocycles. The van der Waals surface area contributed by atoms with Crippen molar-refractivity contribution in [3.8, 4) is 5.75 Å². The summed E-state index contributed by atoms with van der Waals surface area (Å²) in [4.78, 5) is 20.7. The van der Waals surface area contributed by atoms with Crippen molar-refractivity contribution in [2.24, 2.45) is 4.99 Å². The second-order valence-corrected chi connectivity index (χ2v) is 6.46. The molecule has 1 aromatic heterocycles. The molecule has 0 bridgehead atoms. The van der Waals surface area contributed by atoms with E-state index in [0.717, 1.165) is 30.4 Å². The Balaban J connectivity index is 0.00000280. The first kappa shape index (κ1) is 22.1. The van der Waals surface area contributed by atoms with Gasteiger partial charge in [-0.2, -0.15) is 0 Å². The maximum absolute atomic E-state index is 12.4. The van der Waals surface area contributed by atoms with E-state index in [2.05, 4.69) is 21.3 Å². The third-order valence-electron chi connectivity index (χ3n) is 4.72. The number of furan rings is 1. The smallest absolute Gasteiger partial charge is 0.289 e. The monoisotopic (exact) mass is 498 g/mol. The Morgan fingerprint density at radius 3 is 2.50 bits per heavy atom. The average molecular weight is 498 g/mol. The van der Waals surface area contributed by atoms with Crippen LogP contribution in [0.15, 0.2) is 46.0 Å². The van der Waals surface area contributed by atoms with Crippen molar-refractivity contribution in [2.75, 3.05) is 40.3 Å². The van der Waals surface area contributed by atoms with Crippen LogP contribution in [-0.4, -0.2) is 62.0 Å². The highest BCUT2D eigenvalue weighted by atomic mass is 127. The fourth-order valence-electron chi connectivity index (χ4n) is 3.24. The SMILES string of the molecule is CN=C(NCc1ccc(OC)c(C)c1)N1CCN(C(=O)c2ccco2)CC1.I. The van der Waals surface area contributed by atoms with Gasteiger partial charge in [-0.25, -0.2) is 0 Å². The predicted octanol–water partition coefficient (Wildman–Crippen LogP) is 2.75. The van der Waals surface area contributed by atoms with E-state index in [1.165, 1.54) is 11.8 Å². The molecule has 0 unspecified atom stereocenters. The number of aliphatic imine (C=N–C) groups is 1. The normalized spacial score (nSPS) is 14.5. The number of nitrogens with one attached hydrogen (secondary N) is 1. The number of aryl methyl sites for hydroxylation is 1. The first-order valence-electron chi connectivity index (χ1n) is 9.04. The molecule has 1 aromatic carbocycles. The largest absolute Gasteiger partial charge is 0.496 e. The fourth-order valence-corrected chi connectivity index (χ4v) is 3.24. The molecule has 0 atom stereocenters. The number of ether oxygens (including phenoxy) is 1. The van der Waals surface area contributed by atoms with Crippen LogP contribution < -0.4 is 10.1 Å². The second kappa shape index (κ2) is 10.4. The molecule has 8 heteroatoms. The van der Waals surface area contributed by atoms with Crippen molar-refractivity contribution < 1.29 is 13.9 Å².